The molecule has 0 heterocycles. The first-order chi connectivity index (χ1) is 11.2. The lowest BCUT2D eigenvalue weighted by atomic mass is 10.0. The third-order valence-electron chi connectivity index (χ3n) is 3.18. The topological polar surface area (TPSA) is 94.1 Å². The molecule has 0 spiro atoms. The lowest BCUT2D eigenvalue weighted by molar-refractivity contribution is -0.139. The van der Waals surface area contributed by atoms with E-state index in [4.69, 9.17) is 14.2 Å². The van der Waals surface area contributed by atoms with Gasteiger partial charge in [-0.05, 0) is 45.2 Å². The predicted octanol–water partition coefficient (Wildman–Crippen LogP) is 2.61. The minimum Gasteiger partial charge on any atom is -0.493 e. The maximum Gasteiger partial charge on any atom is 0.408 e. The molecule has 0 aliphatic carbocycles. The van der Waals surface area contributed by atoms with Crippen molar-refractivity contribution >= 4 is 12.1 Å². The third-order valence-corrected chi connectivity index (χ3v) is 3.18. The zero-order valence-corrected chi connectivity index (χ0v) is 14.7. The van der Waals surface area contributed by atoms with Gasteiger partial charge in [0.05, 0.1) is 14.2 Å². The smallest absolute Gasteiger partial charge is 0.408 e. The highest BCUT2D eigenvalue weighted by molar-refractivity contribution is 5.80. The Morgan fingerprint density at radius 1 is 1.21 bits per heavy atom. The van der Waals surface area contributed by atoms with Crippen LogP contribution in [0.2, 0.25) is 0 Å². The van der Waals surface area contributed by atoms with E-state index in [0.717, 1.165) is 5.56 Å². The summed E-state index contributed by atoms with van der Waals surface area (Å²) in [5, 5.41) is 11.7. The molecule has 0 aliphatic heterocycles. The molecule has 0 fully saturated rings. The van der Waals surface area contributed by atoms with E-state index in [9.17, 15) is 14.7 Å². The second-order valence-electron chi connectivity index (χ2n) is 6.23. The first kappa shape index (κ1) is 19.6. The van der Waals surface area contributed by atoms with Gasteiger partial charge in [-0.1, -0.05) is 12.1 Å². The number of benzene rings is 1. The van der Waals surface area contributed by atoms with Crippen LogP contribution in [0.15, 0.2) is 18.2 Å². The van der Waals surface area contributed by atoms with E-state index in [-0.39, 0.29) is 6.42 Å². The first-order valence-electron chi connectivity index (χ1n) is 7.60. The highest BCUT2D eigenvalue weighted by Crippen LogP contribution is 2.31. The van der Waals surface area contributed by atoms with E-state index in [0.29, 0.717) is 17.9 Å². The number of carbonyl (C=O) groups is 2. The number of carboxylic acid groups (broad SMARTS) is 1. The van der Waals surface area contributed by atoms with Crippen molar-refractivity contribution in [2.75, 3.05) is 14.2 Å². The van der Waals surface area contributed by atoms with Crippen LogP contribution in [0, 0.1) is 0 Å². The van der Waals surface area contributed by atoms with Gasteiger partial charge in [0.25, 0.3) is 0 Å². The molecule has 1 aromatic rings. The summed E-state index contributed by atoms with van der Waals surface area (Å²) in [5.41, 5.74) is 0.109. The Labute approximate surface area is 141 Å². The van der Waals surface area contributed by atoms with Crippen molar-refractivity contribution in [2.24, 2.45) is 0 Å². The fourth-order valence-corrected chi connectivity index (χ4v) is 2.16. The normalized spacial score (nSPS) is 12.2. The highest BCUT2D eigenvalue weighted by atomic mass is 16.6. The predicted molar refractivity (Wildman–Crippen MR) is 88.7 cm³/mol. The van der Waals surface area contributed by atoms with E-state index >= 15 is 0 Å². The molecule has 1 aromatic carbocycles. The van der Waals surface area contributed by atoms with Gasteiger partial charge < -0.3 is 24.6 Å². The SMILES string of the molecule is COc1cccc(CC[C@@H](NC(=O)OC(C)(C)C)C(=O)O)c1OC. The molecule has 2 N–H and O–H groups in total. The molecule has 134 valence electrons. The zero-order valence-electron chi connectivity index (χ0n) is 14.7. The molecule has 7 heteroatoms. The number of ether oxygens (including phenoxy) is 3. The van der Waals surface area contributed by atoms with Crippen LogP contribution < -0.4 is 14.8 Å². The Hall–Kier alpha value is -2.44. The van der Waals surface area contributed by atoms with Gasteiger partial charge in [-0.2, -0.15) is 0 Å². The minimum atomic E-state index is -1.12. The van der Waals surface area contributed by atoms with E-state index in [2.05, 4.69) is 5.32 Å². The number of carbonyl (C=O) groups excluding carboxylic acids is 1. The van der Waals surface area contributed by atoms with E-state index in [1.165, 1.54) is 14.2 Å². The van der Waals surface area contributed by atoms with Crippen LogP contribution in [0.5, 0.6) is 11.5 Å². The number of aryl methyl sites for hydroxylation is 1. The van der Waals surface area contributed by atoms with Gasteiger partial charge in [0.1, 0.15) is 11.6 Å². The summed E-state index contributed by atoms with van der Waals surface area (Å²) in [7, 11) is 3.06. The number of nitrogens with one attached hydrogen (secondary N) is 1. The molecule has 1 amide bonds. The summed E-state index contributed by atoms with van der Waals surface area (Å²) in [6.07, 6.45) is -0.168. The number of rotatable bonds is 7. The van der Waals surface area contributed by atoms with Crippen molar-refractivity contribution in [3.63, 3.8) is 0 Å². The zero-order chi connectivity index (χ0) is 18.3. The molecular weight excluding hydrogens is 314 g/mol. The fraction of sp³-hybridized carbons (Fsp3) is 0.529. The lowest BCUT2D eigenvalue weighted by Gasteiger charge is -2.22. The summed E-state index contributed by atoms with van der Waals surface area (Å²) < 4.78 is 15.6. The summed E-state index contributed by atoms with van der Waals surface area (Å²) in [6.45, 7) is 5.14. The van der Waals surface area contributed by atoms with Gasteiger partial charge in [0.2, 0.25) is 0 Å². The van der Waals surface area contributed by atoms with Crippen molar-refractivity contribution in [1.82, 2.24) is 5.32 Å². The Morgan fingerprint density at radius 3 is 2.38 bits per heavy atom. The van der Waals surface area contributed by atoms with E-state index < -0.39 is 23.7 Å². The minimum absolute atomic E-state index is 0.193. The second kappa shape index (κ2) is 8.42. The van der Waals surface area contributed by atoms with Crippen LogP contribution in [0.3, 0.4) is 0 Å². The summed E-state index contributed by atoms with van der Waals surface area (Å²) >= 11 is 0. The van der Waals surface area contributed by atoms with Gasteiger partial charge in [0, 0.05) is 0 Å². The standard InChI is InChI=1S/C17H25NO6/c1-17(2,3)24-16(21)18-12(15(19)20)10-9-11-7-6-8-13(22-4)14(11)23-5/h6-8,12H,9-10H2,1-5H3,(H,18,21)(H,19,20)/t12-/m1/s1. The van der Waals surface area contributed by atoms with Crippen LogP contribution >= 0.6 is 0 Å². The molecule has 1 atom stereocenters. The summed E-state index contributed by atoms with van der Waals surface area (Å²) in [5.74, 6) is 0.00565. The monoisotopic (exact) mass is 339 g/mol. The van der Waals surface area contributed by atoms with Crippen LogP contribution in [-0.4, -0.2) is 43.0 Å². The van der Waals surface area contributed by atoms with Crippen molar-refractivity contribution in [2.45, 2.75) is 45.3 Å². The number of hydrogen-bond acceptors (Lipinski definition) is 5. The molecule has 0 unspecified atom stereocenters. The molecule has 7 nitrogen and oxygen atoms in total. The number of amides is 1. The molecular formula is C17H25NO6. The van der Waals surface area contributed by atoms with Gasteiger partial charge in [0.15, 0.2) is 11.5 Å². The van der Waals surface area contributed by atoms with Crippen molar-refractivity contribution in [3.8, 4) is 11.5 Å². The van der Waals surface area contributed by atoms with Gasteiger partial charge >= 0.3 is 12.1 Å². The Bertz CT molecular complexity index is 579. The largest absolute Gasteiger partial charge is 0.493 e. The molecule has 24 heavy (non-hydrogen) atoms. The Morgan fingerprint density at radius 2 is 1.88 bits per heavy atom. The Kier molecular flexibility index (Phi) is 6.88. The number of alkyl carbamates (subject to hydrolysis) is 1. The average Bonchev–Trinajstić information content (AvgIpc) is 2.48. The van der Waals surface area contributed by atoms with Crippen molar-refractivity contribution < 1.29 is 28.9 Å². The van der Waals surface area contributed by atoms with Crippen LogP contribution in [0.1, 0.15) is 32.8 Å². The van der Waals surface area contributed by atoms with Gasteiger partial charge in [-0.25, -0.2) is 9.59 Å². The quantitative estimate of drug-likeness (QED) is 0.793. The molecule has 0 aliphatic rings. The van der Waals surface area contributed by atoms with Crippen LogP contribution in [0.25, 0.3) is 0 Å². The number of hydrogen-bond donors (Lipinski definition) is 2. The molecule has 0 aromatic heterocycles. The molecule has 0 bridgehead atoms. The van der Waals surface area contributed by atoms with Gasteiger partial charge in [-0.3, -0.25) is 0 Å². The fourth-order valence-electron chi connectivity index (χ4n) is 2.16. The number of para-hydroxylation sites is 1. The van der Waals surface area contributed by atoms with Gasteiger partial charge in [-0.15, -0.1) is 0 Å². The lowest BCUT2D eigenvalue weighted by Crippen LogP contribution is -2.43. The average molecular weight is 339 g/mol. The maximum atomic E-state index is 11.8. The molecule has 0 saturated heterocycles. The summed E-state index contributed by atoms with van der Waals surface area (Å²) in [4.78, 5) is 23.1. The number of carboxylic acids is 1. The van der Waals surface area contributed by atoms with Crippen LogP contribution in [-0.2, 0) is 16.0 Å². The van der Waals surface area contributed by atoms with Crippen LogP contribution in [0.4, 0.5) is 4.79 Å². The third kappa shape index (κ3) is 5.98. The van der Waals surface area contributed by atoms with E-state index in [1.807, 2.05) is 6.07 Å². The molecule has 1 rings (SSSR count). The maximum absolute atomic E-state index is 11.8. The van der Waals surface area contributed by atoms with E-state index in [1.54, 1.807) is 32.9 Å². The number of methoxy groups -OCH3 is 2. The number of aliphatic carboxylic acids is 1. The second-order valence-corrected chi connectivity index (χ2v) is 6.23. The van der Waals surface area contributed by atoms with Crippen molar-refractivity contribution in [3.05, 3.63) is 23.8 Å². The molecule has 0 saturated carbocycles. The summed E-state index contributed by atoms with van der Waals surface area (Å²) in [6, 6.07) is 4.33. The Balaban J connectivity index is 2.78. The molecule has 0 radical (unpaired) electrons. The first-order valence-corrected chi connectivity index (χ1v) is 7.60. The van der Waals surface area contributed by atoms with Crippen molar-refractivity contribution in [1.29, 1.82) is 0 Å². The highest BCUT2D eigenvalue weighted by Gasteiger charge is 2.24.